The Morgan fingerprint density at radius 1 is 1.60 bits per heavy atom. The van der Waals surface area contributed by atoms with Gasteiger partial charge in [0.2, 0.25) is 0 Å². The number of carbonyl (C=O) groups excluding carboxylic acids is 1. The quantitative estimate of drug-likeness (QED) is 0.538. The van der Waals surface area contributed by atoms with Crippen LogP contribution in [0.3, 0.4) is 0 Å². The lowest BCUT2D eigenvalue weighted by atomic mass is 10.0. The standard InChI is InChI=1S/C8H12O2/c1-5(9)4-6-2-3-7-8(6)10-7/h6-8H,2-4H2,1H3/t6-,7+,8-/m0/s1. The molecule has 0 aromatic heterocycles. The molecule has 10 heavy (non-hydrogen) atoms. The van der Waals surface area contributed by atoms with Crippen LogP contribution >= 0.6 is 0 Å². The Balaban J connectivity index is 1.88. The Morgan fingerprint density at radius 2 is 2.40 bits per heavy atom. The molecule has 1 aliphatic carbocycles. The molecule has 2 fully saturated rings. The Hall–Kier alpha value is -0.370. The lowest BCUT2D eigenvalue weighted by molar-refractivity contribution is -0.118. The second-order valence-corrected chi connectivity index (χ2v) is 3.38. The number of ether oxygens (including phenoxy) is 1. The average Bonchev–Trinajstić information content (AvgIpc) is 2.52. The number of hydrogen-bond acceptors (Lipinski definition) is 2. The lowest BCUT2D eigenvalue weighted by Gasteiger charge is -2.05. The molecule has 0 aromatic rings. The fraction of sp³-hybridized carbons (Fsp3) is 0.875. The highest BCUT2D eigenvalue weighted by Gasteiger charge is 2.49. The molecule has 56 valence electrons. The third-order valence-electron chi connectivity index (χ3n) is 2.46. The smallest absolute Gasteiger partial charge is 0.130 e. The van der Waals surface area contributed by atoms with Gasteiger partial charge in [-0.2, -0.15) is 0 Å². The van der Waals surface area contributed by atoms with E-state index in [4.69, 9.17) is 4.74 Å². The van der Waals surface area contributed by atoms with Gasteiger partial charge in [0.1, 0.15) is 5.78 Å². The zero-order valence-electron chi connectivity index (χ0n) is 6.17. The van der Waals surface area contributed by atoms with Crippen LogP contribution in [0.5, 0.6) is 0 Å². The number of epoxide rings is 1. The van der Waals surface area contributed by atoms with Gasteiger partial charge >= 0.3 is 0 Å². The third kappa shape index (κ3) is 0.966. The first kappa shape index (κ1) is 6.35. The summed E-state index contributed by atoms with van der Waals surface area (Å²) in [6.07, 6.45) is 4.12. The van der Waals surface area contributed by atoms with Crippen LogP contribution in [0, 0.1) is 5.92 Å². The van der Waals surface area contributed by atoms with Crippen LogP contribution in [0.15, 0.2) is 0 Å². The number of fused-ring (bicyclic) bond motifs is 1. The molecule has 0 spiro atoms. The van der Waals surface area contributed by atoms with Crippen LogP contribution in [-0.4, -0.2) is 18.0 Å². The average molecular weight is 140 g/mol. The van der Waals surface area contributed by atoms with Gasteiger partial charge in [-0.3, -0.25) is 0 Å². The van der Waals surface area contributed by atoms with Gasteiger partial charge in [0.15, 0.2) is 0 Å². The summed E-state index contributed by atoms with van der Waals surface area (Å²) in [6.45, 7) is 1.66. The maximum absolute atomic E-state index is 10.7. The molecule has 0 bridgehead atoms. The van der Waals surface area contributed by atoms with E-state index < -0.39 is 0 Å². The maximum Gasteiger partial charge on any atom is 0.130 e. The van der Waals surface area contributed by atoms with E-state index in [0.29, 0.717) is 23.9 Å². The maximum atomic E-state index is 10.7. The highest BCUT2D eigenvalue weighted by atomic mass is 16.6. The molecule has 1 saturated carbocycles. The minimum Gasteiger partial charge on any atom is -0.369 e. The molecular weight excluding hydrogens is 128 g/mol. The van der Waals surface area contributed by atoms with Gasteiger partial charge < -0.3 is 9.53 Å². The van der Waals surface area contributed by atoms with Gasteiger partial charge in [-0.1, -0.05) is 0 Å². The van der Waals surface area contributed by atoms with Crippen LogP contribution in [0.2, 0.25) is 0 Å². The largest absolute Gasteiger partial charge is 0.369 e. The summed E-state index contributed by atoms with van der Waals surface area (Å²) in [4.78, 5) is 10.7. The Bertz CT molecular complexity index is 165. The fourth-order valence-electron chi connectivity index (χ4n) is 1.93. The van der Waals surface area contributed by atoms with E-state index in [1.165, 1.54) is 12.8 Å². The van der Waals surface area contributed by atoms with E-state index in [2.05, 4.69) is 0 Å². The molecular formula is C8H12O2. The number of rotatable bonds is 2. The number of ketones is 1. The molecule has 0 aromatic carbocycles. The molecule has 2 nitrogen and oxygen atoms in total. The van der Waals surface area contributed by atoms with Crippen LogP contribution in [-0.2, 0) is 9.53 Å². The van der Waals surface area contributed by atoms with Crippen molar-refractivity contribution >= 4 is 5.78 Å². The van der Waals surface area contributed by atoms with Gasteiger partial charge in [0, 0.05) is 6.42 Å². The normalized spacial score (nSPS) is 43.1. The summed E-state index contributed by atoms with van der Waals surface area (Å²) >= 11 is 0. The fourth-order valence-corrected chi connectivity index (χ4v) is 1.93. The number of hydrogen-bond donors (Lipinski definition) is 0. The summed E-state index contributed by atoms with van der Waals surface area (Å²) in [7, 11) is 0. The molecule has 0 N–H and O–H groups in total. The number of Topliss-reactive ketones (excluding diaryl/α,β-unsaturated/α-hetero) is 1. The van der Waals surface area contributed by atoms with Crippen molar-refractivity contribution in [1.29, 1.82) is 0 Å². The zero-order chi connectivity index (χ0) is 7.14. The Kier molecular flexibility index (Phi) is 1.31. The molecule has 1 aliphatic heterocycles. The van der Waals surface area contributed by atoms with Gasteiger partial charge in [-0.15, -0.1) is 0 Å². The van der Waals surface area contributed by atoms with Crippen molar-refractivity contribution in [2.45, 2.75) is 38.4 Å². The summed E-state index contributed by atoms with van der Waals surface area (Å²) in [5.74, 6) is 0.864. The Morgan fingerprint density at radius 3 is 2.80 bits per heavy atom. The van der Waals surface area contributed by atoms with Crippen molar-refractivity contribution in [3.05, 3.63) is 0 Å². The second-order valence-electron chi connectivity index (χ2n) is 3.38. The lowest BCUT2D eigenvalue weighted by Crippen LogP contribution is -2.08. The van der Waals surface area contributed by atoms with E-state index in [1.54, 1.807) is 6.92 Å². The van der Waals surface area contributed by atoms with Crippen LogP contribution in [0.4, 0.5) is 0 Å². The third-order valence-corrected chi connectivity index (χ3v) is 2.46. The van der Waals surface area contributed by atoms with Crippen molar-refractivity contribution in [2.75, 3.05) is 0 Å². The van der Waals surface area contributed by atoms with E-state index in [0.717, 1.165) is 6.42 Å². The van der Waals surface area contributed by atoms with Crippen molar-refractivity contribution in [1.82, 2.24) is 0 Å². The summed E-state index contributed by atoms with van der Waals surface area (Å²) in [5, 5.41) is 0. The van der Waals surface area contributed by atoms with E-state index in [-0.39, 0.29) is 0 Å². The van der Waals surface area contributed by atoms with E-state index >= 15 is 0 Å². The van der Waals surface area contributed by atoms with Gasteiger partial charge in [-0.05, 0) is 25.7 Å². The first-order valence-corrected chi connectivity index (χ1v) is 3.92. The Labute approximate surface area is 60.6 Å². The second kappa shape index (κ2) is 2.06. The van der Waals surface area contributed by atoms with Crippen LogP contribution < -0.4 is 0 Å². The van der Waals surface area contributed by atoms with Gasteiger partial charge in [0.25, 0.3) is 0 Å². The minimum absolute atomic E-state index is 0.307. The first-order valence-electron chi connectivity index (χ1n) is 3.92. The molecule has 0 radical (unpaired) electrons. The molecule has 3 atom stereocenters. The van der Waals surface area contributed by atoms with Crippen LogP contribution in [0.25, 0.3) is 0 Å². The van der Waals surface area contributed by atoms with Crippen molar-refractivity contribution < 1.29 is 9.53 Å². The zero-order valence-corrected chi connectivity index (χ0v) is 6.17. The predicted octanol–water partition coefficient (Wildman–Crippen LogP) is 1.14. The van der Waals surface area contributed by atoms with E-state index in [1.807, 2.05) is 0 Å². The van der Waals surface area contributed by atoms with Crippen molar-refractivity contribution in [3.8, 4) is 0 Å². The molecule has 1 heterocycles. The van der Waals surface area contributed by atoms with Gasteiger partial charge in [-0.25, -0.2) is 0 Å². The van der Waals surface area contributed by atoms with Crippen molar-refractivity contribution in [2.24, 2.45) is 5.92 Å². The predicted molar refractivity (Wildman–Crippen MR) is 36.7 cm³/mol. The summed E-state index contributed by atoms with van der Waals surface area (Å²) < 4.78 is 5.31. The van der Waals surface area contributed by atoms with Gasteiger partial charge in [0.05, 0.1) is 12.2 Å². The van der Waals surface area contributed by atoms with Crippen molar-refractivity contribution in [3.63, 3.8) is 0 Å². The van der Waals surface area contributed by atoms with Crippen LogP contribution in [0.1, 0.15) is 26.2 Å². The molecule has 0 unspecified atom stereocenters. The SMILES string of the molecule is CC(=O)C[C@@H]1CC[C@H]2O[C@@H]12. The molecule has 2 heteroatoms. The van der Waals surface area contributed by atoms with E-state index in [9.17, 15) is 4.79 Å². The topological polar surface area (TPSA) is 29.6 Å². The summed E-state index contributed by atoms with van der Waals surface area (Å²) in [6, 6.07) is 0. The molecule has 2 aliphatic rings. The minimum atomic E-state index is 0.307. The monoisotopic (exact) mass is 140 g/mol. The number of carbonyl (C=O) groups is 1. The highest BCUT2D eigenvalue weighted by molar-refractivity contribution is 5.75. The molecule has 0 amide bonds. The molecule has 2 rings (SSSR count). The first-order chi connectivity index (χ1) is 4.77. The highest BCUT2D eigenvalue weighted by Crippen LogP contribution is 2.44. The molecule has 1 saturated heterocycles. The summed E-state index contributed by atoms with van der Waals surface area (Å²) in [5.41, 5.74) is 0.